The molecule has 0 saturated heterocycles. The lowest BCUT2D eigenvalue weighted by Crippen LogP contribution is -2.50. The maximum absolute atomic E-state index is 12.8. The highest BCUT2D eigenvalue weighted by atomic mass is 19.1. The van der Waals surface area contributed by atoms with E-state index >= 15 is 0 Å². The van der Waals surface area contributed by atoms with Crippen molar-refractivity contribution >= 4 is 5.91 Å². The molecule has 0 bridgehead atoms. The topological polar surface area (TPSA) is 32.3 Å². The summed E-state index contributed by atoms with van der Waals surface area (Å²) >= 11 is 0. The Kier molecular flexibility index (Phi) is 4.63. The van der Waals surface area contributed by atoms with Crippen molar-refractivity contribution in [1.29, 1.82) is 0 Å². The third-order valence-electron chi connectivity index (χ3n) is 2.22. The standard InChI is InChI=1S/C13H19FN2O/c1-9(2)15-16(10(3)4)13(17)11-5-7-12(14)8-6-11/h5-10,15H,1-4H3. The van der Waals surface area contributed by atoms with E-state index < -0.39 is 0 Å². The van der Waals surface area contributed by atoms with Crippen molar-refractivity contribution < 1.29 is 9.18 Å². The number of amides is 1. The van der Waals surface area contributed by atoms with Crippen LogP contribution in [-0.4, -0.2) is 23.0 Å². The van der Waals surface area contributed by atoms with Crippen molar-refractivity contribution in [2.24, 2.45) is 0 Å². The van der Waals surface area contributed by atoms with Crippen molar-refractivity contribution in [2.45, 2.75) is 39.8 Å². The molecule has 1 aromatic rings. The van der Waals surface area contributed by atoms with E-state index in [0.717, 1.165) is 0 Å². The zero-order valence-corrected chi connectivity index (χ0v) is 10.7. The second kappa shape index (κ2) is 5.77. The quantitative estimate of drug-likeness (QED) is 0.818. The molecule has 1 N–H and O–H groups in total. The molecule has 4 heteroatoms. The van der Waals surface area contributed by atoms with E-state index in [2.05, 4.69) is 5.43 Å². The average Bonchev–Trinajstić information content (AvgIpc) is 2.25. The molecular formula is C13H19FN2O. The lowest BCUT2D eigenvalue weighted by atomic mass is 10.2. The molecule has 0 atom stereocenters. The van der Waals surface area contributed by atoms with Gasteiger partial charge in [-0.1, -0.05) is 0 Å². The molecule has 0 radical (unpaired) electrons. The summed E-state index contributed by atoms with van der Waals surface area (Å²) in [6, 6.07) is 5.78. The van der Waals surface area contributed by atoms with Crippen LogP contribution in [0.4, 0.5) is 4.39 Å². The van der Waals surface area contributed by atoms with Crippen LogP contribution in [0.1, 0.15) is 38.1 Å². The van der Waals surface area contributed by atoms with E-state index in [0.29, 0.717) is 5.56 Å². The molecule has 1 amide bonds. The van der Waals surface area contributed by atoms with E-state index in [4.69, 9.17) is 0 Å². The summed E-state index contributed by atoms with van der Waals surface area (Å²) in [7, 11) is 0. The van der Waals surface area contributed by atoms with Gasteiger partial charge in [-0.3, -0.25) is 9.80 Å². The second-order valence-corrected chi connectivity index (χ2v) is 4.56. The highest BCUT2D eigenvalue weighted by Gasteiger charge is 2.19. The van der Waals surface area contributed by atoms with Crippen molar-refractivity contribution in [1.82, 2.24) is 10.4 Å². The predicted octanol–water partition coefficient (Wildman–Crippen LogP) is 2.59. The van der Waals surface area contributed by atoms with Gasteiger partial charge in [0.1, 0.15) is 5.82 Å². The Morgan fingerprint density at radius 3 is 2.12 bits per heavy atom. The monoisotopic (exact) mass is 238 g/mol. The summed E-state index contributed by atoms with van der Waals surface area (Å²) in [5, 5.41) is 1.57. The van der Waals surface area contributed by atoms with Gasteiger partial charge in [-0.25, -0.2) is 9.82 Å². The smallest absolute Gasteiger partial charge is 0.268 e. The van der Waals surface area contributed by atoms with Gasteiger partial charge >= 0.3 is 0 Å². The summed E-state index contributed by atoms with van der Waals surface area (Å²) in [4.78, 5) is 12.2. The van der Waals surface area contributed by atoms with Crippen LogP contribution in [0.3, 0.4) is 0 Å². The first-order valence-corrected chi connectivity index (χ1v) is 5.77. The highest BCUT2D eigenvalue weighted by Crippen LogP contribution is 2.08. The van der Waals surface area contributed by atoms with E-state index in [-0.39, 0.29) is 23.8 Å². The largest absolute Gasteiger partial charge is 0.271 e. The molecule has 1 rings (SSSR count). The Morgan fingerprint density at radius 2 is 1.71 bits per heavy atom. The van der Waals surface area contributed by atoms with Crippen LogP contribution in [0.2, 0.25) is 0 Å². The molecule has 0 heterocycles. The van der Waals surface area contributed by atoms with Crippen LogP contribution in [0, 0.1) is 5.82 Å². The van der Waals surface area contributed by atoms with Gasteiger partial charge in [0.25, 0.3) is 5.91 Å². The predicted molar refractivity (Wildman–Crippen MR) is 66.0 cm³/mol. The Bertz CT molecular complexity index is 374. The third-order valence-corrected chi connectivity index (χ3v) is 2.22. The molecule has 0 aromatic heterocycles. The molecule has 94 valence electrons. The minimum absolute atomic E-state index is 0.0370. The molecule has 17 heavy (non-hydrogen) atoms. The van der Waals surface area contributed by atoms with Crippen LogP contribution in [-0.2, 0) is 0 Å². The van der Waals surface area contributed by atoms with Crippen molar-refractivity contribution in [3.63, 3.8) is 0 Å². The number of benzene rings is 1. The van der Waals surface area contributed by atoms with Crippen molar-refractivity contribution in [3.05, 3.63) is 35.6 Å². The fourth-order valence-electron chi connectivity index (χ4n) is 1.45. The molecule has 1 aromatic carbocycles. The van der Waals surface area contributed by atoms with Crippen LogP contribution in [0.5, 0.6) is 0 Å². The fourth-order valence-corrected chi connectivity index (χ4v) is 1.45. The highest BCUT2D eigenvalue weighted by molar-refractivity contribution is 5.94. The number of carbonyl (C=O) groups excluding carboxylic acids is 1. The van der Waals surface area contributed by atoms with Crippen LogP contribution >= 0.6 is 0 Å². The zero-order chi connectivity index (χ0) is 13.0. The maximum atomic E-state index is 12.8. The number of hydrogen-bond donors (Lipinski definition) is 1. The van der Waals surface area contributed by atoms with Crippen LogP contribution < -0.4 is 5.43 Å². The maximum Gasteiger partial charge on any atom is 0.268 e. The number of carbonyl (C=O) groups is 1. The first-order valence-electron chi connectivity index (χ1n) is 5.77. The first kappa shape index (κ1) is 13.6. The van der Waals surface area contributed by atoms with Gasteiger partial charge in [0, 0.05) is 17.6 Å². The summed E-state index contributed by atoms with van der Waals surface area (Å²) in [6.07, 6.45) is 0. The average molecular weight is 238 g/mol. The van der Waals surface area contributed by atoms with Gasteiger partial charge in [-0.15, -0.1) is 0 Å². The van der Waals surface area contributed by atoms with Gasteiger partial charge in [-0.05, 0) is 52.0 Å². The summed E-state index contributed by atoms with van der Waals surface area (Å²) in [5.41, 5.74) is 3.56. The Labute approximate surface area is 102 Å². The lowest BCUT2D eigenvalue weighted by Gasteiger charge is -2.29. The Morgan fingerprint density at radius 1 is 1.18 bits per heavy atom. The number of halogens is 1. The Hall–Kier alpha value is -1.42. The Balaban J connectivity index is 2.88. The first-order chi connectivity index (χ1) is 7.91. The van der Waals surface area contributed by atoms with Gasteiger partial charge in [0.2, 0.25) is 0 Å². The number of hydrazine groups is 1. The number of nitrogens with zero attached hydrogens (tertiary/aromatic N) is 1. The lowest BCUT2D eigenvalue weighted by molar-refractivity contribution is 0.0550. The van der Waals surface area contributed by atoms with Crippen LogP contribution in [0.15, 0.2) is 24.3 Å². The van der Waals surface area contributed by atoms with Crippen molar-refractivity contribution in [3.8, 4) is 0 Å². The van der Waals surface area contributed by atoms with Gasteiger partial charge in [-0.2, -0.15) is 0 Å². The molecular weight excluding hydrogens is 219 g/mol. The number of hydrogen-bond acceptors (Lipinski definition) is 2. The summed E-state index contributed by atoms with van der Waals surface area (Å²) < 4.78 is 12.8. The van der Waals surface area contributed by atoms with E-state index in [1.54, 1.807) is 5.01 Å². The minimum atomic E-state index is -0.338. The molecule has 0 aliphatic rings. The molecule has 0 spiro atoms. The van der Waals surface area contributed by atoms with E-state index in [9.17, 15) is 9.18 Å². The molecule has 0 unspecified atom stereocenters. The molecule has 0 aliphatic heterocycles. The molecule has 0 fully saturated rings. The summed E-state index contributed by atoms with van der Waals surface area (Å²) in [5.74, 6) is -0.483. The second-order valence-electron chi connectivity index (χ2n) is 4.56. The SMILES string of the molecule is CC(C)NN(C(=O)c1ccc(F)cc1)C(C)C. The molecule has 0 aliphatic carbocycles. The molecule has 3 nitrogen and oxygen atoms in total. The zero-order valence-electron chi connectivity index (χ0n) is 10.7. The number of rotatable bonds is 4. The van der Waals surface area contributed by atoms with E-state index in [1.165, 1.54) is 24.3 Å². The fraction of sp³-hybridized carbons (Fsp3) is 0.462. The normalized spacial score (nSPS) is 11.0. The summed E-state index contributed by atoms with van der Waals surface area (Å²) in [6.45, 7) is 7.79. The number of nitrogens with one attached hydrogen (secondary N) is 1. The van der Waals surface area contributed by atoms with Gasteiger partial charge < -0.3 is 0 Å². The third kappa shape index (κ3) is 3.82. The van der Waals surface area contributed by atoms with Gasteiger partial charge in [0.15, 0.2) is 0 Å². The van der Waals surface area contributed by atoms with Crippen LogP contribution in [0.25, 0.3) is 0 Å². The van der Waals surface area contributed by atoms with Crippen molar-refractivity contribution in [2.75, 3.05) is 0 Å². The minimum Gasteiger partial charge on any atom is -0.271 e. The van der Waals surface area contributed by atoms with Gasteiger partial charge in [0.05, 0.1) is 0 Å². The molecule has 0 saturated carbocycles. The van der Waals surface area contributed by atoms with E-state index in [1.807, 2.05) is 27.7 Å².